The first-order valence-corrected chi connectivity index (χ1v) is 7.43. The van der Waals surface area contributed by atoms with Crippen molar-refractivity contribution in [2.45, 2.75) is 26.4 Å². The molecule has 0 aliphatic carbocycles. The number of esters is 1. The number of nitrogens with zero attached hydrogens (tertiary/aromatic N) is 1. The zero-order chi connectivity index (χ0) is 18.2. The van der Waals surface area contributed by atoms with Crippen LogP contribution in [0.2, 0.25) is 0 Å². The van der Waals surface area contributed by atoms with E-state index in [4.69, 9.17) is 10.5 Å². The number of alkyl carbamates (subject to hydrolysis) is 1. The summed E-state index contributed by atoms with van der Waals surface area (Å²) in [5.41, 5.74) is 6.01. The van der Waals surface area contributed by atoms with Crippen LogP contribution in [0, 0.1) is 0 Å². The van der Waals surface area contributed by atoms with Gasteiger partial charge in [-0.05, 0) is 32.9 Å². The molecule has 0 aromatic carbocycles. The van der Waals surface area contributed by atoms with Gasteiger partial charge in [0.05, 0.1) is 12.8 Å². The monoisotopic (exact) mass is 336 g/mol. The highest BCUT2D eigenvalue weighted by atomic mass is 16.6. The molecule has 1 amide bonds. The molecule has 0 radical (unpaired) electrons. The summed E-state index contributed by atoms with van der Waals surface area (Å²) in [6.45, 7) is 6.24. The Balaban J connectivity index is 2.37. The van der Waals surface area contributed by atoms with Crippen LogP contribution in [0.15, 0.2) is 24.3 Å². The van der Waals surface area contributed by atoms with Gasteiger partial charge in [0.1, 0.15) is 11.4 Å². The van der Waals surface area contributed by atoms with E-state index in [2.05, 4.69) is 20.4 Å². The summed E-state index contributed by atoms with van der Waals surface area (Å²) < 4.78 is 9.68. The van der Waals surface area contributed by atoms with Crippen LogP contribution < -0.4 is 16.4 Å². The van der Waals surface area contributed by atoms with Crippen molar-refractivity contribution in [3.8, 4) is 0 Å². The SMILES string of the molecule is COC(=O)c1ccc(NC/C=C/CNC(=O)OC(C)(C)C)c(N)n1. The molecule has 132 valence electrons. The lowest BCUT2D eigenvalue weighted by Crippen LogP contribution is -2.32. The fourth-order valence-electron chi connectivity index (χ4n) is 1.63. The molecule has 1 heterocycles. The molecular weight excluding hydrogens is 312 g/mol. The molecule has 1 aromatic heterocycles. The van der Waals surface area contributed by atoms with Crippen molar-refractivity contribution < 1.29 is 19.1 Å². The molecule has 0 aliphatic heterocycles. The molecule has 0 atom stereocenters. The number of carbonyl (C=O) groups is 2. The molecule has 0 spiro atoms. The quantitative estimate of drug-likeness (QED) is 0.537. The number of nitrogens with two attached hydrogens (primary N) is 1. The van der Waals surface area contributed by atoms with Gasteiger partial charge in [-0.15, -0.1) is 0 Å². The summed E-state index contributed by atoms with van der Waals surface area (Å²) in [6, 6.07) is 3.18. The summed E-state index contributed by atoms with van der Waals surface area (Å²) in [5.74, 6) is -0.334. The number of methoxy groups -OCH3 is 1. The summed E-state index contributed by atoms with van der Waals surface area (Å²) in [5, 5.41) is 5.66. The molecule has 24 heavy (non-hydrogen) atoms. The van der Waals surface area contributed by atoms with E-state index in [1.54, 1.807) is 32.9 Å². The zero-order valence-corrected chi connectivity index (χ0v) is 14.4. The average Bonchev–Trinajstić information content (AvgIpc) is 2.49. The van der Waals surface area contributed by atoms with Crippen LogP contribution in [0.3, 0.4) is 0 Å². The van der Waals surface area contributed by atoms with Crippen molar-refractivity contribution in [2.75, 3.05) is 31.2 Å². The molecule has 1 aromatic rings. The van der Waals surface area contributed by atoms with E-state index in [0.29, 0.717) is 18.8 Å². The number of hydrogen-bond donors (Lipinski definition) is 3. The Kier molecular flexibility index (Phi) is 7.03. The van der Waals surface area contributed by atoms with Crippen LogP contribution in [-0.4, -0.2) is 42.8 Å². The van der Waals surface area contributed by atoms with Crippen molar-refractivity contribution in [1.29, 1.82) is 0 Å². The van der Waals surface area contributed by atoms with Gasteiger partial charge in [0.15, 0.2) is 5.69 Å². The first-order chi connectivity index (χ1) is 11.2. The average molecular weight is 336 g/mol. The maximum atomic E-state index is 11.4. The molecule has 0 saturated carbocycles. The molecule has 4 N–H and O–H groups in total. The summed E-state index contributed by atoms with van der Waals surface area (Å²) >= 11 is 0. The summed E-state index contributed by atoms with van der Waals surface area (Å²) in [4.78, 5) is 26.7. The predicted octanol–water partition coefficient (Wildman–Crippen LogP) is 1.94. The number of nitrogens with one attached hydrogen (secondary N) is 2. The maximum absolute atomic E-state index is 11.4. The minimum absolute atomic E-state index is 0.151. The molecule has 1 rings (SSSR count). The highest BCUT2D eigenvalue weighted by Gasteiger charge is 2.15. The fraction of sp³-hybridized carbons (Fsp3) is 0.438. The molecule has 8 nitrogen and oxygen atoms in total. The number of amides is 1. The van der Waals surface area contributed by atoms with Crippen molar-refractivity contribution >= 4 is 23.6 Å². The molecular formula is C16H24N4O4. The number of rotatable bonds is 6. The van der Waals surface area contributed by atoms with Crippen molar-refractivity contribution in [3.63, 3.8) is 0 Å². The third-order valence-electron chi connectivity index (χ3n) is 2.66. The van der Waals surface area contributed by atoms with Gasteiger partial charge in [0.2, 0.25) is 0 Å². The van der Waals surface area contributed by atoms with Crippen LogP contribution in [0.25, 0.3) is 0 Å². The zero-order valence-electron chi connectivity index (χ0n) is 14.4. The molecule has 0 fully saturated rings. The number of nitrogen functional groups attached to an aromatic ring is 1. The van der Waals surface area contributed by atoms with E-state index in [1.165, 1.54) is 13.2 Å². The van der Waals surface area contributed by atoms with Gasteiger partial charge in [0.25, 0.3) is 0 Å². The molecule has 0 saturated heterocycles. The van der Waals surface area contributed by atoms with Crippen LogP contribution in [0.1, 0.15) is 31.3 Å². The second-order valence-electron chi connectivity index (χ2n) is 5.86. The number of hydrogen-bond acceptors (Lipinski definition) is 7. The standard InChI is InChI=1S/C16H24N4O4/c1-16(2,3)24-15(22)19-10-6-5-9-18-11-7-8-12(14(21)23-4)20-13(11)17/h5-8,18H,9-10H2,1-4H3,(H2,17,20)(H,19,22)/b6-5+. The molecule has 0 aliphatic rings. The van der Waals surface area contributed by atoms with E-state index in [-0.39, 0.29) is 11.5 Å². The van der Waals surface area contributed by atoms with Crippen LogP contribution in [0.5, 0.6) is 0 Å². The first-order valence-electron chi connectivity index (χ1n) is 7.43. The minimum atomic E-state index is -0.540. The van der Waals surface area contributed by atoms with Crippen molar-refractivity contribution in [3.05, 3.63) is 30.0 Å². The minimum Gasteiger partial charge on any atom is -0.464 e. The smallest absolute Gasteiger partial charge is 0.407 e. The van der Waals surface area contributed by atoms with Gasteiger partial charge in [0, 0.05) is 13.1 Å². The Bertz CT molecular complexity index is 609. The van der Waals surface area contributed by atoms with Gasteiger partial charge in [-0.25, -0.2) is 14.6 Å². The van der Waals surface area contributed by atoms with Crippen molar-refractivity contribution in [1.82, 2.24) is 10.3 Å². The number of aromatic nitrogens is 1. The van der Waals surface area contributed by atoms with Crippen LogP contribution in [0.4, 0.5) is 16.3 Å². The van der Waals surface area contributed by atoms with Gasteiger partial charge in [-0.3, -0.25) is 0 Å². The Labute approximate surface area is 141 Å². The highest BCUT2D eigenvalue weighted by Crippen LogP contribution is 2.16. The van der Waals surface area contributed by atoms with E-state index < -0.39 is 17.7 Å². The van der Waals surface area contributed by atoms with E-state index in [0.717, 1.165) is 0 Å². The number of ether oxygens (including phenoxy) is 2. The lowest BCUT2D eigenvalue weighted by Gasteiger charge is -2.19. The molecule has 0 unspecified atom stereocenters. The van der Waals surface area contributed by atoms with Gasteiger partial charge < -0.3 is 25.8 Å². The second kappa shape index (κ2) is 8.76. The topological polar surface area (TPSA) is 116 Å². The van der Waals surface area contributed by atoms with Crippen LogP contribution in [-0.2, 0) is 9.47 Å². The number of pyridine rings is 1. The van der Waals surface area contributed by atoms with Gasteiger partial charge in [-0.1, -0.05) is 12.2 Å². The Morgan fingerprint density at radius 3 is 2.50 bits per heavy atom. The Hall–Kier alpha value is -2.77. The van der Waals surface area contributed by atoms with E-state index >= 15 is 0 Å². The third-order valence-corrected chi connectivity index (χ3v) is 2.66. The third kappa shape index (κ3) is 6.99. The lowest BCUT2D eigenvalue weighted by molar-refractivity contribution is 0.0532. The van der Waals surface area contributed by atoms with Gasteiger partial charge >= 0.3 is 12.1 Å². The van der Waals surface area contributed by atoms with Gasteiger partial charge in [-0.2, -0.15) is 0 Å². The second-order valence-corrected chi connectivity index (χ2v) is 5.86. The largest absolute Gasteiger partial charge is 0.464 e. The predicted molar refractivity (Wildman–Crippen MR) is 91.9 cm³/mol. The fourth-order valence-corrected chi connectivity index (χ4v) is 1.63. The molecule has 8 heteroatoms. The normalized spacial score (nSPS) is 11.2. The van der Waals surface area contributed by atoms with Crippen molar-refractivity contribution in [2.24, 2.45) is 0 Å². The number of anilines is 2. The van der Waals surface area contributed by atoms with E-state index in [9.17, 15) is 9.59 Å². The summed E-state index contributed by atoms with van der Waals surface area (Å²) in [7, 11) is 1.28. The molecule has 0 bridgehead atoms. The van der Waals surface area contributed by atoms with Crippen LogP contribution >= 0.6 is 0 Å². The Morgan fingerprint density at radius 2 is 1.92 bits per heavy atom. The summed E-state index contributed by atoms with van der Waals surface area (Å²) in [6.07, 6.45) is 3.14. The Morgan fingerprint density at radius 1 is 1.25 bits per heavy atom. The number of carbonyl (C=O) groups excluding carboxylic acids is 2. The maximum Gasteiger partial charge on any atom is 0.407 e. The highest BCUT2D eigenvalue weighted by molar-refractivity contribution is 5.88. The lowest BCUT2D eigenvalue weighted by atomic mass is 10.2. The van der Waals surface area contributed by atoms with E-state index in [1.807, 2.05) is 6.08 Å². The first kappa shape index (κ1) is 19.3.